The zero-order valence-electron chi connectivity index (χ0n) is 17.2. The first-order valence-corrected chi connectivity index (χ1v) is 10.6. The Labute approximate surface area is 182 Å². The number of pyridine rings is 1. The second-order valence-electron chi connectivity index (χ2n) is 8.52. The maximum Gasteiger partial charge on any atom is 0.274 e. The predicted octanol–water partition coefficient (Wildman–Crippen LogP) is 1.03. The Balaban J connectivity index is 1.42. The molecule has 2 N–H and O–H groups in total. The molecule has 2 atom stereocenters. The van der Waals surface area contributed by atoms with Crippen molar-refractivity contribution in [3.63, 3.8) is 0 Å². The number of hydrogen-bond donors (Lipinski definition) is 2. The maximum atomic E-state index is 13.8. The highest BCUT2D eigenvalue weighted by atomic mass is 19.1. The topological polar surface area (TPSA) is 94.9 Å². The fourth-order valence-electron chi connectivity index (χ4n) is 4.96. The number of aromatic nitrogens is 1. The molecule has 0 spiro atoms. The van der Waals surface area contributed by atoms with Gasteiger partial charge in [0.05, 0.1) is 6.54 Å². The molecular weight excluding hydrogens is 422 g/mol. The number of fused-ring (bicyclic) bond motifs is 4. The van der Waals surface area contributed by atoms with Gasteiger partial charge in [-0.15, -0.1) is 0 Å². The average Bonchev–Trinajstić information content (AvgIpc) is 3.06. The van der Waals surface area contributed by atoms with Gasteiger partial charge in [0.1, 0.15) is 22.9 Å². The smallest absolute Gasteiger partial charge is 0.274 e. The summed E-state index contributed by atoms with van der Waals surface area (Å²) in [5.74, 6) is -4.25. The lowest BCUT2D eigenvalue weighted by Gasteiger charge is -2.44. The van der Waals surface area contributed by atoms with Gasteiger partial charge in [-0.2, -0.15) is 0 Å². The van der Waals surface area contributed by atoms with Crippen LogP contribution < -0.4 is 10.7 Å². The molecule has 2 fully saturated rings. The number of nitrogens with zero attached hydrogens (tertiary/aromatic N) is 3. The van der Waals surface area contributed by atoms with Gasteiger partial charge in [-0.05, 0) is 18.9 Å². The molecule has 2 amide bonds. The molecule has 0 aliphatic carbocycles. The Morgan fingerprint density at radius 3 is 2.81 bits per heavy atom. The number of rotatable bonds is 3. The number of aliphatic hydroxyl groups is 1. The second kappa shape index (κ2) is 7.49. The molecule has 5 rings (SSSR count). The van der Waals surface area contributed by atoms with Crippen LogP contribution in [0.5, 0.6) is 0 Å². The summed E-state index contributed by atoms with van der Waals surface area (Å²) in [6, 6.07) is 4.16. The Hall–Kier alpha value is -3.11. The first-order chi connectivity index (χ1) is 15.3. The zero-order chi connectivity index (χ0) is 22.6. The molecule has 4 heterocycles. The van der Waals surface area contributed by atoms with Gasteiger partial charge in [0.25, 0.3) is 11.8 Å². The molecule has 8 nitrogen and oxygen atoms in total. The largest absolute Gasteiger partial charge is 0.357 e. The van der Waals surface area contributed by atoms with E-state index >= 15 is 0 Å². The summed E-state index contributed by atoms with van der Waals surface area (Å²) in [5, 5.41) is 13.8. The second-order valence-corrected chi connectivity index (χ2v) is 8.52. The van der Waals surface area contributed by atoms with Crippen molar-refractivity contribution in [1.82, 2.24) is 19.7 Å². The van der Waals surface area contributed by atoms with Gasteiger partial charge < -0.3 is 15.0 Å². The third-order valence-corrected chi connectivity index (χ3v) is 6.59. The van der Waals surface area contributed by atoms with E-state index < -0.39 is 34.7 Å². The van der Waals surface area contributed by atoms with Crippen molar-refractivity contribution in [3.8, 4) is 0 Å². The molecule has 1 aromatic heterocycles. The molecule has 10 heteroatoms. The molecule has 0 saturated carbocycles. The van der Waals surface area contributed by atoms with Crippen molar-refractivity contribution in [2.45, 2.75) is 44.2 Å². The van der Waals surface area contributed by atoms with Crippen molar-refractivity contribution in [1.29, 1.82) is 0 Å². The number of halogens is 2. The molecule has 0 unspecified atom stereocenters. The highest BCUT2D eigenvalue weighted by Gasteiger charge is 2.56. The number of hydrogen-bond acceptors (Lipinski definition) is 5. The van der Waals surface area contributed by atoms with Gasteiger partial charge in [-0.1, -0.05) is 12.5 Å². The summed E-state index contributed by atoms with van der Waals surface area (Å²) in [6.45, 7) is 0.835. The van der Waals surface area contributed by atoms with Crippen molar-refractivity contribution in [3.05, 3.63) is 69.1 Å². The average molecular weight is 444 g/mol. The van der Waals surface area contributed by atoms with Crippen molar-refractivity contribution < 1.29 is 23.5 Å². The molecule has 0 bridgehead atoms. The van der Waals surface area contributed by atoms with Crippen LogP contribution >= 0.6 is 0 Å². The first kappa shape index (κ1) is 20.8. The van der Waals surface area contributed by atoms with Crippen molar-refractivity contribution in [2.75, 3.05) is 13.1 Å². The standard InChI is InChI=1S/C22H22F2N4O4/c23-14-5-4-13(17(24)7-14)9-25-20(30)16-11-26-12-22(32)27-6-2-1-3-15(27)10-28(22)21(31)18(26)8-19(16)29/h4-5,7-8,11,15,32H,1-3,6,9-10,12H2,(H,25,30)/t15-,22-/m0/s1. The fourth-order valence-corrected chi connectivity index (χ4v) is 4.96. The minimum absolute atomic E-state index is 0.0116. The minimum Gasteiger partial charge on any atom is -0.357 e. The van der Waals surface area contributed by atoms with E-state index in [0.29, 0.717) is 19.2 Å². The van der Waals surface area contributed by atoms with E-state index in [2.05, 4.69) is 5.32 Å². The van der Waals surface area contributed by atoms with Crippen LogP contribution in [0, 0.1) is 11.6 Å². The van der Waals surface area contributed by atoms with Crippen LogP contribution in [0.2, 0.25) is 0 Å². The van der Waals surface area contributed by atoms with Gasteiger partial charge in [-0.3, -0.25) is 24.2 Å². The van der Waals surface area contributed by atoms with Crippen LogP contribution in [0.15, 0.2) is 35.3 Å². The van der Waals surface area contributed by atoms with Gasteiger partial charge in [0.15, 0.2) is 5.43 Å². The molecule has 32 heavy (non-hydrogen) atoms. The lowest BCUT2D eigenvalue weighted by atomic mass is 10.0. The molecule has 2 saturated heterocycles. The summed E-state index contributed by atoms with van der Waals surface area (Å²) >= 11 is 0. The third-order valence-electron chi connectivity index (χ3n) is 6.59. The van der Waals surface area contributed by atoms with E-state index in [0.717, 1.165) is 31.4 Å². The van der Waals surface area contributed by atoms with Crippen LogP contribution in [-0.2, 0) is 13.1 Å². The van der Waals surface area contributed by atoms with Crippen LogP contribution in [0.25, 0.3) is 0 Å². The summed E-state index contributed by atoms with van der Waals surface area (Å²) in [6.07, 6.45) is 4.10. The molecule has 0 radical (unpaired) electrons. The Kier molecular flexibility index (Phi) is 4.86. The Bertz CT molecular complexity index is 1180. The van der Waals surface area contributed by atoms with Gasteiger partial charge >= 0.3 is 0 Å². The third kappa shape index (κ3) is 3.21. The number of carbonyl (C=O) groups is 2. The summed E-state index contributed by atoms with van der Waals surface area (Å²) in [7, 11) is 0. The number of carbonyl (C=O) groups excluding carboxylic acids is 2. The SMILES string of the molecule is O=C(NCc1ccc(F)cc1F)c1cn2c(cc1=O)C(=O)N1C[C@@H]3CCCCN3[C@@]1(O)C2. The fraction of sp³-hybridized carbons (Fsp3) is 0.409. The lowest BCUT2D eigenvalue weighted by Crippen LogP contribution is -2.62. The Morgan fingerprint density at radius 1 is 1.22 bits per heavy atom. The highest BCUT2D eigenvalue weighted by molar-refractivity contribution is 5.97. The minimum atomic E-state index is -1.50. The molecule has 168 valence electrons. The maximum absolute atomic E-state index is 13.8. The summed E-state index contributed by atoms with van der Waals surface area (Å²) in [5.41, 5.74) is -0.695. The molecular formula is C22H22F2N4O4. The Morgan fingerprint density at radius 2 is 2.03 bits per heavy atom. The zero-order valence-corrected chi connectivity index (χ0v) is 17.2. The molecule has 3 aliphatic rings. The quantitative estimate of drug-likeness (QED) is 0.738. The number of piperidine rings is 1. The van der Waals surface area contributed by atoms with Crippen molar-refractivity contribution >= 4 is 11.8 Å². The van der Waals surface area contributed by atoms with E-state index in [-0.39, 0.29) is 36.0 Å². The molecule has 3 aliphatic heterocycles. The summed E-state index contributed by atoms with van der Waals surface area (Å²) in [4.78, 5) is 41.6. The summed E-state index contributed by atoms with van der Waals surface area (Å²) < 4.78 is 28.3. The molecule has 1 aromatic carbocycles. The first-order valence-electron chi connectivity index (χ1n) is 10.6. The van der Waals surface area contributed by atoms with E-state index in [1.165, 1.54) is 21.7 Å². The number of benzene rings is 1. The number of nitrogens with one attached hydrogen (secondary N) is 1. The van der Waals surface area contributed by atoms with Crippen molar-refractivity contribution in [2.24, 2.45) is 0 Å². The van der Waals surface area contributed by atoms with E-state index in [1.807, 2.05) is 4.90 Å². The van der Waals surface area contributed by atoms with E-state index in [1.54, 1.807) is 0 Å². The van der Waals surface area contributed by atoms with Gasteiger partial charge in [0, 0.05) is 49.6 Å². The van der Waals surface area contributed by atoms with Crippen LogP contribution in [0.1, 0.15) is 45.7 Å². The monoisotopic (exact) mass is 444 g/mol. The highest BCUT2D eigenvalue weighted by Crippen LogP contribution is 2.38. The van der Waals surface area contributed by atoms with Crippen LogP contribution in [0.4, 0.5) is 8.78 Å². The van der Waals surface area contributed by atoms with Crippen LogP contribution in [-0.4, -0.2) is 56.3 Å². The normalized spacial score (nSPS) is 24.7. The number of amides is 2. The van der Waals surface area contributed by atoms with Gasteiger partial charge in [0.2, 0.25) is 5.85 Å². The predicted molar refractivity (Wildman–Crippen MR) is 109 cm³/mol. The molecule has 2 aromatic rings. The van der Waals surface area contributed by atoms with E-state index in [9.17, 15) is 28.3 Å². The lowest BCUT2D eigenvalue weighted by molar-refractivity contribution is -0.181. The van der Waals surface area contributed by atoms with Crippen LogP contribution in [0.3, 0.4) is 0 Å². The van der Waals surface area contributed by atoms with E-state index in [4.69, 9.17) is 0 Å². The van der Waals surface area contributed by atoms with Gasteiger partial charge in [-0.25, -0.2) is 8.78 Å².